The zero-order valence-corrected chi connectivity index (χ0v) is 15.9. The molecule has 0 spiro atoms. The van der Waals surface area contributed by atoms with Gasteiger partial charge in [0.05, 0.1) is 0 Å². The lowest BCUT2D eigenvalue weighted by Gasteiger charge is -2.31. The van der Waals surface area contributed by atoms with E-state index in [0.29, 0.717) is 12.6 Å². The minimum Gasteiger partial charge on any atom is -0.352 e. The Balaban J connectivity index is 1.98. The number of hydrogen-bond acceptors (Lipinski definition) is 2. The fourth-order valence-electron chi connectivity index (χ4n) is 3.38. The summed E-state index contributed by atoms with van der Waals surface area (Å²) in [6.07, 6.45) is 7.60. The molecule has 1 amide bonds. The Bertz CT molecular complexity index is 532. The molecule has 0 aliphatic heterocycles. The van der Waals surface area contributed by atoms with Gasteiger partial charge in [0.2, 0.25) is 5.91 Å². The monoisotopic (exact) mass is 330 g/mol. The molecule has 0 atom stereocenters. The highest BCUT2D eigenvalue weighted by molar-refractivity contribution is 5.81. The Morgan fingerprint density at radius 3 is 2.42 bits per heavy atom. The van der Waals surface area contributed by atoms with Crippen LogP contribution in [0.5, 0.6) is 0 Å². The first kappa shape index (κ1) is 19.0. The standard InChI is InChI=1S/C21H34N2O/c1-5-21(2,3)20(24)22-15-17-11-9-10-12-18(17)16-23(4)19-13-7-6-8-14-19/h9-12,19H,5-8,13-16H2,1-4H3,(H,22,24). The second-order valence-corrected chi connectivity index (χ2v) is 7.90. The molecule has 1 aromatic rings. The SMILES string of the molecule is CCC(C)(C)C(=O)NCc1ccccc1CN(C)C1CCCCC1. The van der Waals surface area contributed by atoms with E-state index in [0.717, 1.165) is 13.0 Å². The molecular formula is C21H34N2O. The van der Waals surface area contributed by atoms with Crippen molar-refractivity contribution >= 4 is 5.91 Å². The van der Waals surface area contributed by atoms with Gasteiger partial charge >= 0.3 is 0 Å². The zero-order chi connectivity index (χ0) is 17.6. The zero-order valence-electron chi connectivity index (χ0n) is 15.9. The maximum Gasteiger partial charge on any atom is 0.225 e. The summed E-state index contributed by atoms with van der Waals surface area (Å²) in [7, 11) is 2.24. The first-order valence-corrected chi connectivity index (χ1v) is 9.49. The van der Waals surface area contributed by atoms with Gasteiger partial charge in [0.1, 0.15) is 0 Å². The number of benzene rings is 1. The van der Waals surface area contributed by atoms with Crippen LogP contribution in [0.15, 0.2) is 24.3 Å². The minimum absolute atomic E-state index is 0.139. The fraction of sp³-hybridized carbons (Fsp3) is 0.667. The molecular weight excluding hydrogens is 296 g/mol. The summed E-state index contributed by atoms with van der Waals surface area (Å²) in [5.74, 6) is 0.139. The van der Waals surface area contributed by atoms with E-state index in [1.165, 1.54) is 43.2 Å². The summed E-state index contributed by atoms with van der Waals surface area (Å²) in [6.45, 7) is 7.66. The van der Waals surface area contributed by atoms with Crippen molar-refractivity contribution in [3.63, 3.8) is 0 Å². The Morgan fingerprint density at radius 1 is 1.17 bits per heavy atom. The molecule has 1 aliphatic rings. The molecule has 134 valence electrons. The number of nitrogens with zero attached hydrogens (tertiary/aromatic N) is 1. The van der Waals surface area contributed by atoms with Gasteiger partial charge in [-0.25, -0.2) is 0 Å². The molecule has 1 saturated carbocycles. The maximum absolute atomic E-state index is 12.3. The third kappa shape index (κ3) is 5.07. The van der Waals surface area contributed by atoms with Gasteiger partial charge in [-0.15, -0.1) is 0 Å². The second kappa shape index (κ2) is 8.66. The highest BCUT2D eigenvalue weighted by Gasteiger charge is 2.25. The molecule has 0 bridgehead atoms. The van der Waals surface area contributed by atoms with Crippen molar-refractivity contribution in [2.24, 2.45) is 5.41 Å². The first-order valence-electron chi connectivity index (χ1n) is 9.49. The Hall–Kier alpha value is -1.35. The number of nitrogens with one attached hydrogen (secondary N) is 1. The summed E-state index contributed by atoms with van der Waals surface area (Å²) in [5, 5.41) is 3.13. The Labute approximate surface area is 147 Å². The largest absolute Gasteiger partial charge is 0.352 e. The number of hydrogen-bond donors (Lipinski definition) is 1. The fourth-order valence-corrected chi connectivity index (χ4v) is 3.38. The van der Waals surface area contributed by atoms with Crippen LogP contribution < -0.4 is 5.32 Å². The summed E-state index contributed by atoms with van der Waals surface area (Å²) in [4.78, 5) is 14.8. The van der Waals surface area contributed by atoms with Crippen LogP contribution in [-0.2, 0) is 17.9 Å². The van der Waals surface area contributed by atoms with E-state index in [1.807, 2.05) is 13.8 Å². The molecule has 3 heteroatoms. The van der Waals surface area contributed by atoms with Gasteiger partial charge in [0, 0.05) is 24.5 Å². The molecule has 0 radical (unpaired) electrons. The summed E-state index contributed by atoms with van der Waals surface area (Å²) < 4.78 is 0. The molecule has 1 aliphatic carbocycles. The van der Waals surface area contributed by atoms with Gasteiger partial charge in [-0.2, -0.15) is 0 Å². The molecule has 0 heterocycles. The van der Waals surface area contributed by atoms with E-state index in [-0.39, 0.29) is 11.3 Å². The predicted octanol–water partition coefficient (Wildman–Crippen LogP) is 4.50. The highest BCUT2D eigenvalue weighted by Crippen LogP contribution is 2.24. The number of amides is 1. The average Bonchev–Trinajstić information content (AvgIpc) is 2.61. The lowest BCUT2D eigenvalue weighted by molar-refractivity contribution is -0.129. The topological polar surface area (TPSA) is 32.3 Å². The molecule has 3 nitrogen and oxygen atoms in total. The lowest BCUT2D eigenvalue weighted by atomic mass is 9.89. The smallest absolute Gasteiger partial charge is 0.225 e. The van der Waals surface area contributed by atoms with Crippen LogP contribution >= 0.6 is 0 Å². The van der Waals surface area contributed by atoms with Crippen molar-refractivity contribution in [2.45, 2.75) is 78.4 Å². The van der Waals surface area contributed by atoms with Crippen molar-refractivity contribution in [1.29, 1.82) is 0 Å². The van der Waals surface area contributed by atoms with Crippen molar-refractivity contribution < 1.29 is 4.79 Å². The second-order valence-electron chi connectivity index (χ2n) is 7.90. The first-order chi connectivity index (χ1) is 11.4. The van der Waals surface area contributed by atoms with Crippen LogP contribution in [-0.4, -0.2) is 23.9 Å². The Morgan fingerprint density at radius 2 is 1.79 bits per heavy atom. The molecule has 1 fully saturated rings. The third-order valence-electron chi connectivity index (χ3n) is 5.67. The molecule has 1 aromatic carbocycles. The normalized spacial score (nSPS) is 16.4. The minimum atomic E-state index is -0.298. The Kier molecular flexibility index (Phi) is 6.85. The molecule has 24 heavy (non-hydrogen) atoms. The van der Waals surface area contributed by atoms with Gasteiger partial charge in [-0.3, -0.25) is 9.69 Å². The van der Waals surface area contributed by atoms with Gasteiger partial charge in [-0.05, 0) is 37.4 Å². The highest BCUT2D eigenvalue weighted by atomic mass is 16.2. The number of rotatable bonds is 7. The summed E-state index contributed by atoms with van der Waals surface area (Å²) in [5.41, 5.74) is 2.27. The van der Waals surface area contributed by atoms with Crippen LogP contribution in [0, 0.1) is 5.41 Å². The molecule has 2 rings (SSSR count). The average molecular weight is 331 g/mol. The quantitative estimate of drug-likeness (QED) is 0.798. The summed E-state index contributed by atoms with van der Waals surface area (Å²) >= 11 is 0. The predicted molar refractivity (Wildman–Crippen MR) is 101 cm³/mol. The van der Waals surface area contributed by atoms with Gasteiger partial charge in [0.15, 0.2) is 0 Å². The maximum atomic E-state index is 12.3. The van der Waals surface area contributed by atoms with Crippen molar-refractivity contribution in [2.75, 3.05) is 7.05 Å². The van der Waals surface area contributed by atoms with Crippen LogP contribution in [0.4, 0.5) is 0 Å². The van der Waals surface area contributed by atoms with Crippen molar-refractivity contribution in [3.05, 3.63) is 35.4 Å². The van der Waals surface area contributed by atoms with Crippen LogP contribution in [0.25, 0.3) is 0 Å². The molecule has 1 N–H and O–H groups in total. The van der Waals surface area contributed by atoms with E-state index < -0.39 is 0 Å². The van der Waals surface area contributed by atoms with Crippen molar-refractivity contribution in [1.82, 2.24) is 10.2 Å². The van der Waals surface area contributed by atoms with Crippen LogP contribution in [0.2, 0.25) is 0 Å². The van der Waals surface area contributed by atoms with Gasteiger partial charge in [-0.1, -0.05) is 64.3 Å². The van der Waals surface area contributed by atoms with Gasteiger partial charge < -0.3 is 5.32 Å². The van der Waals surface area contributed by atoms with E-state index in [1.54, 1.807) is 0 Å². The molecule has 0 saturated heterocycles. The molecule has 0 unspecified atom stereocenters. The van der Waals surface area contributed by atoms with Crippen molar-refractivity contribution in [3.8, 4) is 0 Å². The van der Waals surface area contributed by atoms with Crippen LogP contribution in [0.1, 0.15) is 70.4 Å². The summed E-state index contributed by atoms with van der Waals surface area (Å²) in [6, 6.07) is 9.22. The van der Waals surface area contributed by atoms with E-state index >= 15 is 0 Å². The third-order valence-corrected chi connectivity index (χ3v) is 5.67. The number of carbonyl (C=O) groups is 1. The van der Waals surface area contributed by atoms with E-state index in [4.69, 9.17) is 0 Å². The lowest BCUT2D eigenvalue weighted by Crippen LogP contribution is -2.36. The number of carbonyl (C=O) groups excluding carboxylic acids is 1. The van der Waals surface area contributed by atoms with E-state index in [2.05, 4.69) is 48.5 Å². The van der Waals surface area contributed by atoms with Crippen LogP contribution in [0.3, 0.4) is 0 Å². The van der Waals surface area contributed by atoms with Gasteiger partial charge in [0.25, 0.3) is 0 Å². The van der Waals surface area contributed by atoms with E-state index in [9.17, 15) is 4.79 Å². The molecule has 0 aromatic heterocycles.